The summed E-state index contributed by atoms with van der Waals surface area (Å²) in [5.74, 6) is 0.180. The molecule has 3 rings (SSSR count). The van der Waals surface area contributed by atoms with E-state index in [0.29, 0.717) is 25.5 Å². The number of carbonyl (C=O) groups excluding carboxylic acids is 1. The van der Waals surface area contributed by atoms with E-state index >= 15 is 0 Å². The van der Waals surface area contributed by atoms with E-state index in [2.05, 4.69) is 15.3 Å². The minimum atomic E-state index is -0.288. The highest BCUT2D eigenvalue weighted by Gasteiger charge is 2.24. The van der Waals surface area contributed by atoms with Crippen molar-refractivity contribution in [2.75, 3.05) is 20.2 Å². The second-order valence-electron chi connectivity index (χ2n) is 5.97. The molecule has 0 aliphatic carbocycles. The number of likely N-dealkylation sites (tertiary alicyclic amines) is 1. The molecule has 2 aromatic rings. The molecule has 26 heavy (non-hydrogen) atoms. The number of hydrogen-bond donors (Lipinski definition) is 1. The third-order valence-corrected chi connectivity index (χ3v) is 4.16. The van der Waals surface area contributed by atoms with E-state index in [9.17, 15) is 9.18 Å². The Bertz CT molecular complexity index is 733. The van der Waals surface area contributed by atoms with Gasteiger partial charge in [-0.15, -0.1) is 0 Å². The first-order valence-corrected chi connectivity index (χ1v) is 8.45. The van der Waals surface area contributed by atoms with E-state index in [1.54, 1.807) is 29.3 Å². The van der Waals surface area contributed by atoms with Gasteiger partial charge in [0.2, 0.25) is 5.88 Å². The summed E-state index contributed by atoms with van der Waals surface area (Å²) in [6.45, 7) is 1.57. The molecule has 1 aromatic carbocycles. The number of aromatic nitrogens is 2. The smallest absolute Gasteiger partial charge is 0.319 e. The van der Waals surface area contributed by atoms with Crippen LogP contribution in [-0.4, -0.2) is 47.2 Å². The third kappa shape index (κ3) is 4.81. The summed E-state index contributed by atoms with van der Waals surface area (Å²) in [5, 5.41) is 2.85. The number of ether oxygens (including phenoxy) is 2. The molecule has 2 amide bonds. The molecule has 1 N–H and O–H groups in total. The number of halogens is 1. The van der Waals surface area contributed by atoms with Gasteiger partial charge in [0, 0.05) is 44.7 Å². The van der Waals surface area contributed by atoms with E-state index in [1.165, 1.54) is 19.2 Å². The van der Waals surface area contributed by atoms with Gasteiger partial charge in [-0.05, 0) is 17.7 Å². The lowest BCUT2D eigenvalue weighted by Gasteiger charge is -2.31. The third-order valence-electron chi connectivity index (χ3n) is 4.16. The van der Waals surface area contributed by atoms with Gasteiger partial charge in [-0.2, -0.15) is 4.98 Å². The summed E-state index contributed by atoms with van der Waals surface area (Å²) in [5.41, 5.74) is 0.857. The molecular weight excluding hydrogens is 339 g/mol. The Morgan fingerprint density at radius 2 is 2.00 bits per heavy atom. The summed E-state index contributed by atoms with van der Waals surface area (Å²) < 4.78 is 23.7. The van der Waals surface area contributed by atoms with Crippen LogP contribution in [0.1, 0.15) is 18.4 Å². The Hall–Kier alpha value is -2.90. The highest BCUT2D eigenvalue weighted by atomic mass is 19.1. The number of carbonyl (C=O) groups is 1. The number of hydrogen-bond acceptors (Lipinski definition) is 5. The lowest BCUT2D eigenvalue weighted by molar-refractivity contribution is 0.106. The SMILES string of the molecule is COc1nccc(OC2CCN(C(=O)NCc3ccc(F)cc3)CC2)n1. The fraction of sp³-hybridized carbons (Fsp3) is 0.389. The number of methoxy groups -OCH3 is 1. The lowest BCUT2D eigenvalue weighted by atomic mass is 10.1. The minimum Gasteiger partial charge on any atom is -0.474 e. The van der Waals surface area contributed by atoms with Gasteiger partial charge < -0.3 is 19.7 Å². The summed E-state index contributed by atoms with van der Waals surface area (Å²) in [7, 11) is 1.50. The molecular formula is C18H21FN4O3. The first-order chi connectivity index (χ1) is 12.6. The molecule has 1 saturated heterocycles. The molecule has 1 aliphatic rings. The van der Waals surface area contributed by atoms with Crippen molar-refractivity contribution in [1.29, 1.82) is 0 Å². The first-order valence-electron chi connectivity index (χ1n) is 8.45. The molecule has 0 atom stereocenters. The van der Waals surface area contributed by atoms with Crippen molar-refractivity contribution >= 4 is 6.03 Å². The highest BCUT2D eigenvalue weighted by molar-refractivity contribution is 5.74. The number of amides is 2. The predicted molar refractivity (Wildman–Crippen MR) is 92.4 cm³/mol. The molecule has 7 nitrogen and oxygen atoms in total. The lowest BCUT2D eigenvalue weighted by Crippen LogP contribution is -2.46. The number of nitrogens with one attached hydrogen (secondary N) is 1. The normalized spacial score (nSPS) is 14.8. The van der Waals surface area contributed by atoms with E-state index in [-0.39, 0.29) is 24.0 Å². The fourth-order valence-electron chi connectivity index (χ4n) is 2.73. The molecule has 0 spiro atoms. The molecule has 138 valence electrons. The Labute approximate surface area is 151 Å². The fourth-order valence-corrected chi connectivity index (χ4v) is 2.73. The van der Waals surface area contributed by atoms with Crippen LogP contribution in [0, 0.1) is 5.82 Å². The Morgan fingerprint density at radius 1 is 1.27 bits per heavy atom. The van der Waals surface area contributed by atoms with Crippen LogP contribution in [0.4, 0.5) is 9.18 Å². The van der Waals surface area contributed by atoms with Gasteiger partial charge in [0.25, 0.3) is 0 Å². The van der Waals surface area contributed by atoms with Gasteiger partial charge in [0.05, 0.1) is 7.11 Å². The zero-order valence-electron chi connectivity index (χ0n) is 14.5. The topological polar surface area (TPSA) is 76.6 Å². The number of rotatable bonds is 5. The zero-order chi connectivity index (χ0) is 18.4. The summed E-state index contributed by atoms with van der Waals surface area (Å²) in [6.07, 6.45) is 3.02. The van der Waals surface area contributed by atoms with Crippen LogP contribution >= 0.6 is 0 Å². The summed E-state index contributed by atoms with van der Waals surface area (Å²) >= 11 is 0. The maximum atomic E-state index is 12.9. The summed E-state index contributed by atoms with van der Waals surface area (Å²) in [4.78, 5) is 22.1. The van der Waals surface area contributed by atoms with Gasteiger partial charge in [-0.1, -0.05) is 12.1 Å². The van der Waals surface area contributed by atoms with Crippen LogP contribution in [-0.2, 0) is 6.54 Å². The van der Waals surface area contributed by atoms with Gasteiger partial charge in [0.1, 0.15) is 11.9 Å². The molecule has 1 fully saturated rings. The van der Waals surface area contributed by atoms with Crippen LogP contribution in [0.2, 0.25) is 0 Å². The number of urea groups is 1. The average Bonchev–Trinajstić information content (AvgIpc) is 2.68. The second kappa shape index (κ2) is 8.46. The Balaban J connectivity index is 1.43. The molecule has 2 heterocycles. The van der Waals surface area contributed by atoms with Crippen molar-refractivity contribution in [1.82, 2.24) is 20.2 Å². The largest absolute Gasteiger partial charge is 0.474 e. The standard InChI is InChI=1S/C18H21FN4O3/c1-25-17-20-9-6-16(22-17)26-15-7-10-23(11-8-15)18(24)21-12-13-2-4-14(19)5-3-13/h2-6,9,15H,7-8,10-12H2,1H3,(H,21,24). The van der Waals surface area contributed by atoms with Gasteiger partial charge >= 0.3 is 12.0 Å². The number of benzene rings is 1. The van der Waals surface area contributed by atoms with Crippen molar-refractivity contribution in [2.24, 2.45) is 0 Å². The van der Waals surface area contributed by atoms with Crippen LogP contribution in [0.15, 0.2) is 36.5 Å². The molecule has 1 aliphatic heterocycles. The average molecular weight is 360 g/mol. The zero-order valence-corrected chi connectivity index (χ0v) is 14.5. The van der Waals surface area contributed by atoms with Crippen LogP contribution < -0.4 is 14.8 Å². The monoisotopic (exact) mass is 360 g/mol. The Kier molecular flexibility index (Phi) is 5.83. The maximum Gasteiger partial charge on any atom is 0.319 e. The van der Waals surface area contributed by atoms with Crippen molar-refractivity contribution in [3.8, 4) is 11.9 Å². The Morgan fingerprint density at radius 3 is 2.69 bits per heavy atom. The van der Waals surface area contributed by atoms with E-state index in [0.717, 1.165) is 18.4 Å². The molecule has 8 heteroatoms. The molecule has 0 radical (unpaired) electrons. The predicted octanol–water partition coefficient (Wildman–Crippen LogP) is 2.38. The first kappa shape index (κ1) is 17.9. The van der Waals surface area contributed by atoms with Gasteiger partial charge in [-0.3, -0.25) is 0 Å². The van der Waals surface area contributed by atoms with Gasteiger partial charge in [0.15, 0.2) is 0 Å². The van der Waals surface area contributed by atoms with E-state index in [1.807, 2.05) is 0 Å². The molecule has 1 aromatic heterocycles. The second-order valence-corrected chi connectivity index (χ2v) is 5.97. The van der Waals surface area contributed by atoms with Crippen molar-refractivity contribution in [2.45, 2.75) is 25.5 Å². The van der Waals surface area contributed by atoms with Crippen LogP contribution in [0.5, 0.6) is 11.9 Å². The molecule has 0 saturated carbocycles. The van der Waals surface area contributed by atoms with Gasteiger partial charge in [-0.25, -0.2) is 14.2 Å². The van der Waals surface area contributed by atoms with Crippen LogP contribution in [0.25, 0.3) is 0 Å². The quantitative estimate of drug-likeness (QED) is 0.886. The number of piperidine rings is 1. The van der Waals surface area contributed by atoms with Crippen molar-refractivity contribution < 1.29 is 18.7 Å². The number of nitrogens with zero attached hydrogens (tertiary/aromatic N) is 3. The van der Waals surface area contributed by atoms with Crippen LogP contribution in [0.3, 0.4) is 0 Å². The minimum absolute atomic E-state index is 0.00393. The summed E-state index contributed by atoms with van der Waals surface area (Å²) in [6, 6.07) is 7.90. The van der Waals surface area contributed by atoms with Crippen molar-refractivity contribution in [3.63, 3.8) is 0 Å². The van der Waals surface area contributed by atoms with Crippen molar-refractivity contribution in [3.05, 3.63) is 47.9 Å². The van der Waals surface area contributed by atoms with E-state index < -0.39 is 0 Å². The highest BCUT2D eigenvalue weighted by Crippen LogP contribution is 2.18. The molecule has 0 bridgehead atoms. The molecule has 0 unspecified atom stereocenters. The maximum absolute atomic E-state index is 12.9. The van der Waals surface area contributed by atoms with E-state index in [4.69, 9.17) is 9.47 Å².